The molecule has 1 aromatic carbocycles. The molecule has 0 unspecified atom stereocenters. The minimum atomic E-state index is -0.233. The Morgan fingerprint density at radius 1 is 1.16 bits per heavy atom. The van der Waals surface area contributed by atoms with Crippen molar-refractivity contribution in [2.75, 3.05) is 13.2 Å². The number of aliphatic hydroxyl groups is 1. The molecule has 2 rings (SSSR count). The maximum atomic E-state index is 12.3. The van der Waals surface area contributed by atoms with Gasteiger partial charge in [-0.15, -0.1) is 0 Å². The molecule has 2 amide bonds. The van der Waals surface area contributed by atoms with Crippen molar-refractivity contribution in [1.29, 1.82) is 0 Å². The molecule has 25 heavy (non-hydrogen) atoms. The van der Waals surface area contributed by atoms with E-state index >= 15 is 0 Å². The predicted molar refractivity (Wildman–Crippen MR) is 99.0 cm³/mol. The molecule has 3 atom stereocenters. The van der Waals surface area contributed by atoms with Gasteiger partial charge in [-0.05, 0) is 18.1 Å². The number of allylic oxidation sites excluding steroid dienone is 1. The fourth-order valence-corrected chi connectivity index (χ4v) is 3.54. The van der Waals surface area contributed by atoms with Gasteiger partial charge in [0, 0.05) is 25.3 Å². The van der Waals surface area contributed by atoms with Gasteiger partial charge in [0.1, 0.15) is 0 Å². The lowest BCUT2D eigenvalue weighted by molar-refractivity contribution is -0.150. The molecule has 5 heteroatoms. The second kappa shape index (κ2) is 8.81. The Hall–Kier alpha value is -2.14. The van der Waals surface area contributed by atoms with Crippen LogP contribution in [0.15, 0.2) is 30.3 Å². The first-order valence-corrected chi connectivity index (χ1v) is 8.98. The summed E-state index contributed by atoms with van der Waals surface area (Å²) in [6.45, 7) is 5.93. The van der Waals surface area contributed by atoms with Crippen LogP contribution < -0.4 is 5.32 Å². The Morgan fingerprint density at radius 2 is 1.84 bits per heavy atom. The van der Waals surface area contributed by atoms with Gasteiger partial charge in [-0.25, -0.2) is 0 Å². The minimum Gasteiger partial charge on any atom is -0.394 e. The highest BCUT2D eigenvalue weighted by atomic mass is 16.3. The van der Waals surface area contributed by atoms with E-state index in [4.69, 9.17) is 0 Å². The molecule has 136 valence electrons. The highest BCUT2D eigenvalue weighted by Gasteiger charge is 2.50. The second-order valence-corrected chi connectivity index (χ2v) is 6.32. The largest absolute Gasteiger partial charge is 0.394 e. The van der Waals surface area contributed by atoms with Crippen LogP contribution in [0, 0.1) is 0 Å². The van der Waals surface area contributed by atoms with Crippen LogP contribution >= 0.6 is 0 Å². The average molecular weight is 344 g/mol. The molecule has 2 N–H and O–H groups in total. The number of aliphatic hydroxyl groups excluding tert-OH is 1. The Labute approximate surface area is 149 Å². The molecule has 0 bridgehead atoms. The van der Waals surface area contributed by atoms with Crippen LogP contribution in [0.2, 0.25) is 0 Å². The number of nitrogens with one attached hydrogen (secondary N) is 1. The molecule has 1 aromatic rings. The van der Waals surface area contributed by atoms with Crippen LogP contribution in [0.4, 0.5) is 0 Å². The Balaban J connectivity index is 2.24. The lowest BCUT2D eigenvalue weighted by Crippen LogP contribution is -2.68. The lowest BCUT2D eigenvalue weighted by atomic mass is 9.74. The van der Waals surface area contributed by atoms with E-state index in [1.54, 1.807) is 11.8 Å². The normalized spacial score (nSPS) is 22.7. The minimum absolute atomic E-state index is 0.0107. The molecule has 0 spiro atoms. The molecule has 1 aliphatic rings. The van der Waals surface area contributed by atoms with E-state index in [-0.39, 0.29) is 36.4 Å². The summed E-state index contributed by atoms with van der Waals surface area (Å²) in [5.41, 5.74) is 2.20. The van der Waals surface area contributed by atoms with Crippen molar-refractivity contribution in [1.82, 2.24) is 10.2 Å². The van der Waals surface area contributed by atoms with E-state index < -0.39 is 0 Å². The summed E-state index contributed by atoms with van der Waals surface area (Å²) >= 11 is 0. The van der Waals surface area contributed by atoms with Gasteiger partial charge in [0.15, 0.2) is 0 Å². The first-order chi connectivity index (χ1) is 12.1. The van der Waals surface area contributed by atoms with E-state index in [1.807, 2.05) is 50.3 Å². The Kier molecular flexibility index (Phi) is 6.76. The maximum absolute atomic E-state index is 12.3. The number of likely N-dealkylation sites (tertiary alicyclic amines) is 1. The van der Waals surface area contributed by atoms with Gasteiger partial charge in [0.25, 0.3) is 0 Å². The number of hydrogen-bond donors (Lipinski definition) is 2. The fourth-order valence-electron chi connectivity index (χ4n) is 3.54. The van der Waals surface area contributed by atoms with Crippen molar-refractivity contribution in [3.05, 3.63) is 41.5 Å². The van der Waals surface area contributed by atoms with Crippen molar-refractivity contribution < 1.29 is 14.7 Å². The summed E-state index contributed by atoms with van der Waals surface area (Å²) < 4.78 is 0. The summed E-state index contributed by atoms with van der Waals surface area (Å²) in [5.74, 6) is 0.00687. The maximum Gasteiger partial charge on any atom is 0.222 e. The quantitative estimate of drug-likeness (QED) is 0.797. The number of hydrogen-bond acceptors (Lipinski definition) is 3. The molecule has 1 saturated heterocycles. The Bertz CT molecular complexity index is 624. The third kappa shape index (κ3) is 4.10. The molecule has 1 heterocycles. The van der Waals surface area contributed by atoms with Gasteiger partial charge in [-0.1, -0.05) is 50.3 Å². The van der Waals surface area contributed by atoms with Gasteiger partial charge >= 0.3 is 0 Å². The van der Waals surface area contributed by atoms with Crippen LogP contribution in [0.3, 0.4) is 0 Å². The molecular formula is C20H28N2O3. The van der Waals surface area contributed by atoms with Gasteiger partial charge in [0.2, 0.25) is 11.8 Å². The zero-order valence-corrected chi connectivity index (χ0v) is 15.2. The molecular weight excluding hydrogens is 316 g/mol. The van der Waals surface area contributed by atoms with E-state index in [0.717, 1.165) is 11.1 Å². The highest BCUT2D eigenvalue weighted by Crippen LogP contribution is 2.40. The number of benzene rings is 1. The molecule has 0 radical (unpaired) electrons. The number of carbonyl (C=O) groups is 2. The molecule has 0 saturated carbocycles. The summed E-state index contributed by atoms with van der Waals surface area (Å²) in [5, 5.41) is 12.7. The fraction of sp³-hybridized carbons (Fsp3) is 0.500. The van der Waals surface area contributed by atoms with E-state index in [9.17, 15) is 14.7 Å². The van der Waals surface area contributed by atoms with Gasteiger partial charge < -0.3 is 15.3 Å². The molecule has 1 fully saturated rings. The van der Waals surface area contributed by atoms with Crippen molar-refractivity contribution in [3.63, 3.8) is 0 Å². The van der Waals surface area contributed by atoms with Crippen LogP contribution in [0.5, 0.6) is 0 Å². The molecule has 1 aliphatic heterocycles. The van der Waals surface area contributed by atoms with Crippen molar-refractivity contribution in [2.24, 2.45) is 0 Å². The molecule has 0 aliphatic carbocycles. The average Bonchev–Trinajstić information content (AvgIpc) is 2.62. The standard InChI is InChI=1S/C20H28N2O3/c1-4-7-14-8-10-15(11-9-14)20-16(12-21-18(24)5-2)22(17(20)13-23)19(25)6-3/h4,7-11,16-17,20,23H,5-6,12-13H2,1-3H3,(H,21,24)/b7-4+/t16-,17-,20+/m0/s1. The highest BCUT2D eigenvalue weighted by molar-refractivity contribution is 5.79. The monoisotopic (exact) mass is 344 g/mol. The van der Waals surface area contributed by atoms with E-state index in [2.05, 4.69) is 5.32 Å². The van der Waals surface area contributed by atoms with Crippen LogP contribution in [0.1, 0.15) is 50.7 Å². The molecule has 5 nitrogen and oxygen atoms in total. The number of carbonyl (C=O) groups excluding carboxylic acids is 2. The van der Waals surface area contributed by atoms with Crippen LogP contribution in [-0.4, -0.2) is 47.1 Å². The number of rotatable bonds is 7. The van der Waals surface area contributed by atoms with Gasteiger partial charge in [0.05, 0.1) is 18.7 Å². The lowest BCUT2D eigenvalue weighted by Gasteiger charge is -2.55. The smallest absolute Gasteiger partial charge is 0.222 e. The number of nitrogens with zero attached hydrogens (tertiary/aromatic N) is 1. The van der Waals surface area contributed by atoms with Crippen LogP contribution in [0.25, 0.3) is 6.08 Å². The zero-order valence-electron chi connectivity index (χ0n) is 15.2. The topological polar surface area (TPSA) is 69.6 Å². The first kappa shape index (κ1) is 19.2. The third-order valence-corrected chi connectivity index (χ3v) is 4.83. The predicted octanol–water partition coefficient (Wildman–Crippen LogP) is 2.31. The SMILES string of the molecule is C/C=C/c1ccc([C@H]2[C@H](CO)N(C(=O)CC)[C@H]2CNC(=O)CC)cc1. The summed E-state index contributed by atoms with van der Waals surface area (Å²) in [6, 6.07) is 7.82. The summed E-state index contributed by atoms with van der Waals surface area (Å²) in [7, 11) is 0. The van der Waals surface area contributed by atoms with Crippen LogP contribution in [-0.2, 0) is 9.59 Å². The number of amides is 2. The van der Waals surface area contributed by atoms with Crippen molar-refractivity contribution >= 4 is 17.9 Å². The Morgan fingerprint density at radius 3 is 2.36 bits per heavy atom. The zero-order chi connectivity index (χ0) is 18.4. The van der Waals surface area contributed by atoms with Gasteiger partial charge in [-0.3, -0.25) is 9.59 Å². The second-order valence-electron chi connectivity index (χ2n) is 6.32. The van der Waals surface area contributed by atoms with E-state index in [0.29, 0.717) is 19.4 Å². The summed E-state index contributed by atoms with van der Waals surface area (Å²) in [6.07, 6.45) is 4.82. The summed E-state index contributed by atoms with van der Waals surface area (Å²) in [4.78, 5) is 25.7. The van der Waals surface area contributed by atoms with Crippen molar-refractivity contribution in [2.45, 2.75) is 51.6 Å². The first-order valence-electron chi connectivity index (χ1n) is 8.98. The third-order valence-electron chi connectivity index (χ3n) is 4.83. The van der Waals surface area contributed by atoms with Gasteiger partial charge in [-0.2, -0.15) is 0 Å². The van der Waals surface area contributed by atoms with E-state index in [1.165, 1.54) is 0 Å². The molecule has 0 aromatic heterocycles. The van der Waals surface area contributed by atoms with Crippen molar-refractivity contribution in [3.8, 4) is 0 Å².